The van der Waals surface area contributed by atoms with E-state index in [2.05, 4.69) is 20.4 Å². The summed E-state index contributed by atoms with van der Waals surface area (Å²) in [7, 11) is 0. The number of ether oxygens (including phenoxy) is 1. The van der Waals surface area contributed by atoms with Crippen LogP contribution in [0.5, 0.6) is 0 Å². The molecule has 1 aromatic carbocycles. The number of piperazine rings is 1. The van der Waals surface area contributed by atoms with Gasteiger partial charge in [0.15, 0.2) is 0 Å². The third-order valence-corrected chi connectivity index (χ3v) is 8.88. The average Bonchev–Trinajstić information content (AvgIpc) is 3.59. The van der Waals surface area contributed by atoms with Gasteiger partial charge < -0.3 is 19.4 Å². The van der Waals surface area contributed by atoms with Crippen molar-refractivity contribution in [3.05, 3.63) is 95.6 Å². The Morgan fingerprint density at radius 1 is 0.911 bits per heavy atom. The molecule has 3 aromatic rings. The van der Waals surface area contributed by atoms with E-state index in [0.717, 1.165) is 16.7 Å². The third kappa shape index (κ3) is 8.67. The minimum absolute atomic E-state index is 0.0524. The summed E-state index contributed by atoms with van der Waals surface area (Å²) in [5.41, 5.74) is 3.80. The van der Waals surface area contributed by atoms with Crippen molar-refractivity contribution in [2.24, 2.45) is 5.16 Å². The number of carbonyl (C=O) groups excluding carboxylic acids is 3. The summed E-state index contributed by atoms with van der Waals surface area (Å²) in [5.74, 6) is 0.499. The van der Waals surface area contributed by atoms with Crippen molar-refractivity contribution < 1.29 is 24.0 Å². The number of esters is 1. The normalized spacial score (nSPS) is 18.5. The van der Waals surface area contributed by atoms with E-state index in [1.54, 1.807) is 54.3 Å². The van der Waals surface area contributed by atoms with Crippen molar-refractivity contribution >= 4 is 35.3 Å². The van der Waals surface area contributed by atoms with Crippen LogP contribution in [-0.4, -0.2) is 94.5 Å². The Morgan fingerprint density at radius 2 is 1.62 bits per heavy atom. The molecule has 236 valence electrons. The van der Waals surface area contributed by atoms with E-state index in [9.17, 15) is 14.4 Å². The lowest BCUT2D eigenvalue weighted by atomic mass is 10.0. The van der Waals surface area contributed by atoms with Crippen LogP contribution in [0.15, 0.2) is 78.5 Å². The highest BCUT2D eigenvalue weighted by atomic mass is 32.2. The van der Waals surface area contributed by atoms with Crippen LogP contribution in [0, 0.1) is 0 Å². The summed E-state index contributed by atoms with van der Waals surface area (Å²) >= 11 is 1.71. The van der Waals surface area contributed by atoms with Gasteiger partial charge in [0.25, 0.3) is 5.91 Å². The molecule has 0 bridgehead atoms. The molecule has 12 heteroatoms. The molecule has 0 saturated carbocycles. The molecule has 0 aliphatic carbocycles. The van der Waals surface area contributed by atoms with E-state index in [1.807, 2.05) is 47.5 Å². The Kier molecular flexibility index (Phi) is 11.5. The van der Waals surface area contributed by atoms with Crippen LogP contribution in [0.3, 0.4) is 0 Å². The van der Waals surface area contributed by atoms with E-state index in [0.29, 0.717) is 75.7 Å². The molecular formula is C33H38N6O5S. The molecular weight excluding hydrogens is 592 g/mol. The number of unbranched alkanes of at least 4 members (excludes halogenated alkanes) is 1. The first kappa shape index (κ1) is 32.1. The molecule has 45 heavy (non-hydrogen) atoms. The molecule has 2 saturated heterocycles. The highest BCUT2D eigenvalue weighted by Gasteiger charge is 2.35. The van der Waals surface area contributed by atoms with Gasteiger partial charge in [0.2, 0.25) is 5.91 Å². The topological polar surface area (TPSA) is 126 Å². The quantitative estimate of drug-likeness (QED) is 0.138. The maximum absolute atomic E-state index is 13.3. The van der Waals surface area contributed by atoms with Crippen LogP contribution in [0.25, 0.3) is 0 Å². The van der Waals surface area contributed by atoms with Gasteiger partial charge in [-0.05, 0) is 55.7 Å². The van der Waals surface area contributed by atoms with Crippen LogP contribution in [0.2, 0.25) is 0 Å². The van der Waals surface area contributed by atoms with Crippen LogP contribution in [0.1, 0.15) is 58.6 Å². The van der Waals surface area contributed by atoms with Gasteiger partial charge in [0.05, 0.1) is 18.0 Å². The predicted octanol–water partition coefficient (Wildman–Crippen LogP) is 3.67. The number of carbonyl (C=O) groups is 3. The summed E-state index contributed by atoms with van der Waals surface area (Å²) in [6.45, 7) is 4.47. The molecule has 2 atom stereocenters. The largest absolute Gasteiger partial charge is 0.466 e. The molecule has 2 fully saturated rings. The van der Waals surface area contributed by atoms with E-state index in [1.165, 1.54) is 0 Å². The Labute approximate surface area is 267 Å². The number of thioether (sulfide) groups is 1. The van der Waals surface area contributed by atoms with Gasteiger partial charge in [-0.3, -0.25) is 29.7 Å². The SMILES string of the molecule is CCOC(=O)CCCCO/N=C(/c1ccc(C(=O)N2CCN(C(=O)C3CSC(c4cccnc4)N3)CC2)cc1)c1cccnc1. The number of benzene rings is 1. The fraction of sp³-hybridized carbons (Fsp3) is 0.394. The third-order valence-electron chi connectivity index (χ3n) is 7.61. The molecule has 5 rings (SSSR count). The number of nitrogens with zero attached hydrogens (tertiary/aromatic N) is 5. The fourth-order valence-electron chi connectivity index (χ4n) is 5.20. The van der Waals surface area contributed by atoms with E-state index >= 15 is 0 Å². The van der Waals surface area contributed by atoms with Crippen molar-refractivity contribution in [3.8, 4) is 0 Å². The number of nitrogens with one attached hydrogen (secondary N) is 1. The molecule has 11 nitrogen and oxygen atoms in total. The van der Waals surface area contributed by atoms with Crippen molar-refractivity contribution in [2.75, 3.05) is 45.1 Å². The summed E-state index contributed by atoms with van der Waals surface area (Å²) in [5, 5.41) is 7.86. The molecule has 4 heterocycles. The molecule has 0 spiro atoms. The van der Waals surface area contributed by atoms with Crippen molar-refractivity contribution in [3.63, 3.8) is 0 Å². The lowest BCUT2D eigenvalue weighted by Crippen LogP contribution is -2.54. The van der Waals surface area contributed by atoms with E-state index < -0.39 is 0 Å². The summed E-state index contributed by atoms with van der Waals surface area (Å²) in [6.07, 6.45) is 8.63. The second-order valence-corrected chi connectivity index (χ2v) is 11.8. The van der Waals surface area contributed by atoms with Crippen LogP contribution in [-0.2, 0) is 19.2 Å². The Morgan fingerprint density at radius 3 is 2.31 bits per heavy atom. The zero-order chi connectivity index (χ0) is 31.4. The number of rotatable bonds is 12. The molecule has 1 N–H and O–H groups in total. The van der Waals surface area contributed by atoms with Gasteiger partial charge >= 0.3 is 5.97 Å². The Hall–Kier alpha value is -4.29. The van der Waals surface area contributed by atoms with Crippen LogP contribution < -0.4 is 5.32 Å². The second-order valence-electron chi connectivity index (χ2n) is 10.7. The number of pyridine rings is 2. The smallest absolute Gasteiger partial charge is 0.305 e. The predicted molar refractivity (Wildman–Crippen MR) is 172 cm³/mol. The van der Waals surface area contributed by atoms with Gasteiger partial charge in [0, 0.05) is 79.8 Å². The summed E-state index contributed by atoms with van der Waals surface area (Å²) in [6, 6.07) is 14.7. The van der Waals surface area contributed by atoms with Crippen LogP contribution >= 0.6 is 11.8 Å². The first-order valence-corrected chi connectivity index (χ1v) is 16.3. The maximum atomic E-state index is 13.3. The number of hydrogen-bond acceptors (Lipinski definition) is 10. The van der Waals surface area contributed by atoms with Gasteiger partial charge in [-0.2, -0.15) is 0 Å². The highest BCUT2D eigenvalue weighted by molar-refractivity contribution is 7.99. The molecule has 2 unspecified atom stereocenters. The van der Waals surface area contributed by atoms with Gasteiger partial charge in [-0.15, -0.1) is 11.8 Å². The number of aromatic nitrogens is 2. The molecule has 0 radical (unpaired) electrons. The van der Waals surface area contributed by atoms with Crippen molar-refractivity contribution in [1.82, 2.24) is 25.1 Å². The van der Waals surface area contributed by atoms with E-state index in [4.69, 9.17) is 9.57 Å². The second kappa shape index (κ2) is 16.1. The lowest BCUT2D eigenvalue weighted by Gasteiger charge is -2.36. The standard InChI is InChI=1S/C33H38N6O5S/c1-2-43-29(40)9-3-4-20-44-37-30(26-7-5-14-34-21-26)24-10-12-25(13-11-24)32(41)38-16-18-39(19-17-38)33(42)28-23-45-31(36-28)27-8-6-15-35-22-27/h5-8,10-15,21-22,28,31,36H,2-4,9,16-20,23H2,1H3/b37-30-. The first-order chi connectivity index (χ1) is 22.0. The molecule has 2 amide bonds. The summed E-state index contributed by atoms with van der Waals surface area (Å²) in [4.78, 5) is 55.7. The van der Waals surface area contributed by atoms with Gasteiger partial charge in [0.1, 0.15) is 12.3 Å². The zero-order valence-electron chi connectivity index (χ0n) is 25.3. The van der Waals surface area contributed by atoms with Crippen molar-refractivity contribution in [2.45, 2.75) is 37.6 Å². The van der Waals surface area contributed by atoms with Crippen LogP contribution in [0.4, 0.5) is 0 Å². The lowest BCUT2D eigenvalue weighted by molar-refractivity contribution is -0.143. The van der Waals surface area contributed by atoms with Gasteiger partial charge in [-0.1, -0.05) is 23.4 Å². The Balaban J connectivity index is 1.14. The number of hydrogen-bond donors (Lipinski definition) is 1. The zero-order valence-corrected chi connectivity index (χ0v) is 26.2. The van der Waals surface area contributed by atoms with Gasteiger partial charge in [-0.25, -0.2) is 0 Å². The summed E-state index contributed by atoms with van der Waals surface area (Å²) < 4.78 is 4.96. The number of amides is 2. The minimum atomic E-state index is -0.251. The molecule has 2 aliphatic heterocycles. The Bertz CT molecular complexity index is 1450. The monoisotopic (exact) mass is 630 g/mol. The fourth-order valence-corrected chi connectivity index (χ4v) is 6.41. The highest BCUT2D eigenvalue weighted by Crippen LogP contribution is 2.32. The van der Waals surface area contributed by atoms with E-state index in [-0.39, 0.29) is 29.2 Å². The molecule has 2 aliphatic rings. The molecule has 2 aromatic heterocycles. The number of oxime groups is 1. The first-order valence-electron chi connectivity index (χ1n) is 15.3. The average molecular weight is 631 g/mol. The van der Waals surface area contributed by atoms with Crippen molar-refractivity contribution in [1.29, 1.82) is 0 Å². The maximum Gasteiger partial charge on any atom is 0.305 e. The minimum Gasteiger partial charge on any atom is -0.466 e.